The van der Waals surface area contributed by atoms with Gasteiger partial charge in [-0.15, -0.1) is 0 Å². The molecular formula is C45H36. The minimum absolute atomic E-state index is 0.0933. The monoisotopic (exact) mass is 576 g/mol. The largest absolute Gasteiger partial charge is 0.0616 e. The molecule has 0 fully saturated rings. The van der Waals surface area contributed by atoms with Gasteiger partial charge in [0.05, 0.1) is 0 Å². The highest BCUT2D eigenvalue weighted by Crippen LogP contribution is 2.57. The molecular weight excluding hydrogens is 540 g/mol. The van der Waals surface area contributed by atoms with E-state index in [2.05, 4.69) is 162 Å². The van der Waals surface area contributed by atoms with Gasteiger partial charge in [0.1, 0.15) is 0 Å². The van der Waals surface area contributed by atoms with Crippen LogP contribution in [0.5, 0.6) is 0 Å². The zero-order valence-corrected chi connectivity index (χ0v) is 26.6. The molecule has 0 spiro atoms. The van der Waals surface area contributed by atoms with Crippen LogP contribution in [0.3, 0.4) is 0 Å². The van der Waals surface area contributed by atoms with Gasteiger partial charge in [-0.2, -0.15) is 0 Å². The highest BCUT2D eigenvalue weighted by molar-refractivity contribution is 6.00. The first-order valence-corrected chi connectivity index (χ1v) is 16.2. The topological polar surface area (TPSA) is 0 Å². The number of aryl methyl sites for hydroxylation is 1. The van der Waals surface area contributed by atoms with Crippen molar-refractivity contribution in [3.05, 3.63) is 155 Å². The Kier molecular flexibility index (Phi) is 5.32. The highest BCUT2D eigenvalue weighted by Gasteiger charge is 2.42. The number of fused-ring (bicyclic) bond motifs is 8. The summed E-state index contributed by atoms with van der Waals surface area (Å²) in [6.07, 6.45) is 0. The van der Waals surface area contributed by atoms with Crippen molar-refractivity contribution in [2.24, 2.45) is 0 Å². The molecule has 0 N–H and O–H groups in total. The van der Waals surface area contributed by atoms with E-state index in [-0.39, 0.29) is 10.8 Å². The molecule has 0 nitrogen and oxygen atoms in total. The molecule has 0 heterocycles. The van der Waals surface area contributed by atoms with E-state index >= 15 is 0 Å². The lowest BCUT2D eigenvalue weighted by molar-refractivity contribution is 0.652. The molecule has 0 radical (unpaired) electrons. The number of benzene rings is 7. The van der Waals surface area contributed by atoms with Gasteiger partial charge in [0.2, 0.25) is 0 Å². The van der Waals surface area contributed by atoms with E-state index in [1.54, 1.807) is 0 Å². The van der Waals surface area contributed by atoms with Crippen molar-refractivity contribution in [3.63, 3.8) is 0 Å². The van der Waals surface area contributed by atoms with Crippen LogP contribution in [-0.2, 0) is 10.8 Å². The smallest absolute Gasteiger partial charge is 0.0159 e. The first kappa shape index (κ1) is 26.5. The summed E-state index contributed by atoms with van der Waals surface area (Å²) in [6, 6.07) is 47.9. The molecule has 7 aromatic carbocycles. The second kappa shape index (κ2) is 9.05. The third-order valence-electron chi connectivity index (χ3n) is 11.0. The fourth-order valence-corrected chi connectivity index (χ4v) is 8.56. The summed E-state index contributed by atoms with van der Waals surface area (Å²) in [7, 11) is 0. The van der Waals surface area contributed by atoms with Crippen LogP contribution in [0.25, 0.3) is 66.1 Å². The number of hydrogen-bond donors (Lipinski definition) is 0. The zero-order valence-electron chi connectivity index (χ0n) is 26.6. The quantitative estimate of drug-likeness (QED) is 0.192. The number of rotatable bonds is 2. The van der Waals surface area contributed by atoms with Gasteiger partial charge in [0.25, 0.3) is 0 Å². The molecule has 0 bridgehead atoms. The molecule has 7 aromatic rings. The average molecular weight is 577 g/mol. The van der Waals surface area contributed by atoms with Gasteiger partial charge in [-0.1, -0.05) is 131 Å². The third kappa shape index (κ3) is 3.60. The summed E-state index contributed by atoms with van der Waals surface area (Å²) < 4.78 is 0. The second-order valence-corrected chi connectivity index (χ2v) is 14.2. The molecule has 0 saturated heterocycles. The Morgan fingerprint density at radius 1 is 0.378 bits per heavy atom. The van der Waals surface area contributed by atoms with Gasteiger partial charge in [-0.3, -0.25) is 0 Å². The van der Waals surface area contributed by atoms with Gasteiger partial charge < -0.3 is 0 Å². The van der Waals surface area contributed by atoms with E-state index in [9.17, 15) is 0 Å². The molecule has 0 heteroatoms. The Hall–Kier alpha value is -4.94. The predicted octanol–water partition coefficient (Wildman–Crippen LogP) is 12.2. The van der Waals surface area contributed by atoms with Gasteiger partial charge in [0.15, 0.2) is 0 Å². The van der Waals surface area contributed by atoms with Crippen LogP contribution < -0.4 is 0 Å². The standard InChI is InChI=1S/C45H36/c1-27-22-31(35-19-11-15-29-13-7-9-17-33(29)35)24-42-43(27)38-26-40-37(25-41(38)45(42,4)5)36-21-20-30(23-39(36)44(40,2)3)34-18-10-14-28-12-6-8-16-32(28)34/h6-26H,1-5H3. The molecule has 216 valence electrons. The van der Waals surface area contributed by atoms with E-state index in [0.717, 1.165) is 0 Å². The second-order valence-electron chi connectivity index (χ2n) is 14.2. The molecule has 45 heavy (non-hydrogen) atoms. The van der Waals surface area contributed by atoms with Crippen molar-refractivity contribution in [1.82, 2.24) is 0 Å². The van der Waals surface area contributed by atoms with E-state index in [1.165, 1.54) is 93.9 Å². The van der Waals surface area contributed by atoms with E-state index in [4.69, 9.17) is 0 Å². The lowest BCUT2D eigenvalue weighted by Crippen LogP contribution is -2.17. The third-order valence-corrected chi connectivity index (χ3v) is 11.0. The van der Waals surface area contributed by atoms with Crippen LogP contribution in [0, 0.1) is 6.92 Å². The Balaban J connectivity index is 1.20. The van der Waals surface area contributed by atoms with Crippen molar-refractivity contribution in [1.29, 1.82) is 0 Å². The lowest BCUT2D eigenvalue weighted by atomic mass is 9.78. The van der Waals surface area contributed by atoms with E-state index in [0.29, 0.717) is 0 Å². The average Bonchev–Trinajstić information content (AvgIpc) is 3.42. The van der Waals surface area contributed by atoms with Gasteiger partial charge in [-0.05, 0) is 125 Å². The maximum atomic E-state index is 2.54. The first-order valence-electron chi connectivity index (χ1n) is 16.2. The summed E-state index contributed by atoms with van der Waals surface area (Å²) in [4.78, 5) is 0. The van der Waals surface area contributed by atoms with Crippen LogP contribution in [0.2, 0.25) is 0 Å². The molecule has 2 aliphatic rings. The predicted molar refractivity (Wildman–Crippen MR) is 192 cm³/mol. The SMILES string of the molecule is Cc1cc(-c2cccc3ccccc23)cc2c1-c1cc3c(cc1C2(C)C)-c1ccc(-c2cccc4ccccc24)cc1C3(C)C. The van der Waals surface area contributed by atoms with Crippen molar-refractivity contribution in [2.45, 2.75) is 45.4 Å². The first-order chi connectivity index (χ1) is 21.7. The lowest BCUT2D eigenvalue weighted by Gasteiger charge is -2.24. The van der Waals surface area contributed by atoms with Gasteiger partial charge in [-0.25, -0.2) is 0 Å². The highest BCUT2D eigenvalue weighted by atomic mass is 14.5. The van der Waals surface area contributed by atoms with E-state index in [1.807, 2.05) is 0 Å². The molecule has 0 saturated carbocycles. The molecule has 0 amide bonds. The van der Waals surface area contributed by atoms with Crippen molar-refractivity contribution in [3.8, 4) is 44.5 Å². The molecule has 0 atom stereocenters. The fourth-order valence-electron chi connectivity index (χ4n) is 8.56. The normalized spacial score (nSPS) is 15.1. The Morgan fingerprint density at radius 2 is 0.889 bits per heavy atom. The van der Waals surface area contributed by atoms with Gasteiger partial charge >= 0.3 is 0 Å². The molecule has 0 aliphatic heterocycles. The van der Waals surface area contributed by atoms with Crippen LogP contribution in [0.4, 0.5) is 0 Å². The van der Waals surface area contributed by atoms with Crippen LogP contribution in [-0.4, -0.2) is 0 Å². The van der Waals surface area contributed by atoms with Crippen molar-refractivity contribution < 1.29 is 0 Å². The summed E-state index contributed by atoms with van der Waals surface area (Å²) >= 11 is 0. The molecule has 9 rings (SSSR count). The zero-order chi connectivity index (χ0) is 30.7. The van der Waals surface area contributed by atoms with Crippen LogP contribution >= 0.6 is 0 Å². The summed E-state index contributed by atoms with van der Waals surface area (Å²) in [5.74, 6) is 0. The maximum Gasteiger partial charge on any atom is 0.0159 e. The van der Waals surface area contributed by atoms with E-state index < -0.39 is 0 Å². The Labute approximate surface area is 266 Å². The summed E-state index contributed by atoms with van der Waals surface area (Å²) in [6.45, 7) is 12.0. The molecule has 0 aromatic heterocycles. The Bertz CT molecular complexity index is 2370. The minimum atomic E-state index is -0.0964. The minimum Gasteiger partial charge on any atom is -0.0616 e. The maximum absolute atomic E-state index is 2.54. The van der Waals surface area contributed by atoms with Crippen molar-refractivity contribution >= 4 is 21.5 Å². The summed E-state index contributed by atoms with van der Waals surface area (Å²) in [5.41, 5.74) is 17.7. The van der Waals surface area contributed by atoms with Crippen LogP contribution in [0.15, 0.2) is 127 Å². The number of hydrogen-bond acceptors (Lipinski definition) is 0. The van der Waals surface area contributed by atoms with Gasteiger partial charge in [0, 0.05) is 10.8 Å². The molecule has 0 unspecified atom stereocenters. The summed E-state index contributed by atoms with van der Waals surface area (Å²) in [5, 5.41) is 5.20. The fraction of sp³-hybridized carbons (Fsp3) is 0.156. The molecule has 2 aliphatic carbocycles. The Morgan fingerprint density at radius 3 is 1.58 bits per heavy atom. The van der Waals surface area contributed by atoms with Crippen LogP contribution in [0.1, 0.15) is 55.5 Å². The van der Waals surface area contributed by atoms with Crippen molar-refractivity contribution in [2.75, 3.05) is 0 Å².